The molecular formula is C18H35IN6O. The Hall–Kier alpha value is -0.900. The molecule has 2 N–H and O–H groups in total. The molecule has 0 fully saturated rings. The monoisotopic (exact) mass is 478 g/mol. The molecule has 1 atom stereocenters. The van der Waals surface area contributed by atoms with Gasteiger partial charge in [0, 0.05) is 33.2 Å². The van der Waals surface area contributed by atoms with Crippen molar-refractivity contribution in [2.24, 2.45) is 10.4 Å². The number of aromatic nitrogens is 3. The standard InChI is InChI=1S/C18H34N6O.HI/c1-6-19-17(20-12-14(25-5)18(2,3)4)21-13-16-23-22-15-10-8-7-9-11-24(15)16;/h14H,6-13H2,1-5H3,(H2,19,20,21);1H. The van der Waals surface area contributed by atoms with E-state index in [4.69, 9.17) is 9.73 Å². The summed E-state index contributed by atoms with van der Waals surface area (Å²) in [5, 5.41) is 15.4. The Morgan fingerprint density at radius 2 is 2.00 bits per heavy atom. The Morgan fingerprint density at radius 1 is 1.23 bits per heavy atom. The molecule has 1 aliphatic heterocycles. The van der Waals surface area contributed by atoms with Crippen LogP contribution < -0.4 is 10.6 Å². The van der Waals surface area contributed by atoms with Gasteiger partial charge in [-0.25, -0.2) is 4.99 Å². The van der Waals surface area contributed by atoms with Crippen LogP contribution in [0.25, 0.3) is 0 Å². The van der Waals surface area contributed by atoms with Gasteiger partial charge in [0.15, 0.2) is 11.8 Å². The maximum atomic E-state index is 5.61. The number of rotatable bonds is 6. The first kappa shape index (κ1) is 23.1. The molecule has 0 saturated carbocycles. The first-order valence-corrected chi connectivity index (χ1v) is 9.41. The van der Waals surface area contributed by atoms with E-state index in [-0.39, 0.29) is 35.5 Å². The van der Waals surface area contributed by atoms with E-state index in [1.165, 1.54) is 19.3 Å². The van der Waals surface area contributed by atoms with Crippen molar-refractivity contribution in [3.63, 3.8) is 0 Å². The number of guanidine groups is 1. The third-order valence-electron chi connectivity index (χ3n) is 4.61. The molecule has 0 bridgehead atoms. The lowest BCUT2D eigenvalue weighted by atomic mass is 9.89. The summed E-state index contributed by atoms with van der Waals surface area (Å²) in [5.74, 6) is 2.85. The molecule has 1 aliphatic rings. The van der Waals surface area contributed by atoms with Gasteiger partial charge in [-0.1, -0.05) is 27.2 Å². The number of halogens is 1. The highest BCUT2D eigenvalue weighted by atomic mass is 127. The fraction of sp³-hybridized carbons (Fsp3) is 0.833. The number of methoxy groups -OCH3 is 1. The third-order valence-corrected chi connectivity index (χ3v) is 4.61. The molecule has 26 heavy (non-hydrogen) atoms. The highest BCUT2D eigenvalue weighted by Gasteiger charge is 2.24. The van der Waals surface area contributed by atoms with E-state index in [0.29, 0.717) is 13.1 Å². The summed E-state index contributed by atoms with van der Waals surface area (Å²) in [6.07, 6.45) is 4.80. The summed E-state index contributed by atoms with van der Waals surface area (Å²) in [4.78, 5) is 4.70. The van der Waals surface area contributed by atoms with Gasteiger partial charge in [0.2, 0.25) is 0 Å². The molecule has 8 heteroatoms. The molecule has 1 aromatic heterocycles. The van der Waals surface area contributed by atoms with E-state index in [9.17, 15) is 0 Å². The molecule has 2 rings (SSSR count). The Labute approximate surface area is 174 Å². The van der Waals surface area contributed by atoms with E-state index in [1.807, 2.05) is 0 Å². The third kappa shape index (κ3) is 6.68. The average Bonchev–Trinajstić information content (AvgIpc) is 2.78. The van der Waals surface area contributed by atoms with Crippen LogP contribution in [-0.4, -0.2) is 47.0 Å². The number of fused-ring (bicyclic) bond motifs is 1. The minimum atomic E-state index is 0. The fourth-order valence-corrected chi connectivity index (χ4v) is 3.09. The molecular weight excluding hydrogens is 443 g/mol. The Bertz CT molecular complexity index is 567. The first-order chi connectivity index (χ1) is 12.0. The van der Waals surface area contributed by atoms with Crippen LogP contribution in [0.1, 0.15) is 58.6 Å². The van der Waals surface area contributed by atoms with Crippen molar-refractivity contribution in [2.75, 3.05) is 20.2 Å². The summed E-state index contributed by atoms with van der Waals surface area (Å²) in [6, 6.07) is 0. The molecule has 1 unspecified atom stereocenters. The van der Waals surface area contributed by atoms with Crippen LogP contribution in [0, 0.1) is 5.41 Å². The van der Waals surface area contributed by atoms with E-state index in [0.717, 1.165) is 37.1 Å². The van der Waals surface area contributed by atoms with E-state index in [2.05, 4.69) is 53.1 Å². The van der Waals surface area contributed by atoms with Crippen molar-refractivity contribution < 1.29 is 4.74 Å². The van der Waals surface area contributed by atoms with Crippen LogP contribution in [0.2, 0.25) is 0 Å². The highest BCUT2D eigenvalue weighted by molar-refractivity contribution is 14.0. The average molecular weight is 478 g/mol. The summed E-state index contributed by atoms with van der Waals surface area (Å²) < 4.78 is 7.85. The SMILES string of the molecule is CCNC(=NCc1nnc2n1CCCCC2)NCC(OC)C(C)(C)C.I. The summed E-state index contributed by atoms with van der Waals surface area (Å²) in [7, 11) is 1.76. The number of ether oxygens (including phenoxy) is 1. The highest BCUT2D eigenvalue weighted by Crippen LogP contribution is 2.21. The quantitative estimate of drug-likeness (QED) is 0.374. The van der Waals surface area contributed by atoms with Crippen molar-refractivity contribution in [3.05, 3.63) is 11.6 Å². The van der Waals surface area contributed by atoms with Gasteiger partial charge in [-0.15, -0.1) is 34.2 Å². The van der Waals surface area contributed by atoms with Gasteiger partial charge in [0.1, 0.15) is 12.4 Å². The zero-order valence-corrected chi connectivity index (χ0v) is 19.2. The topological polar surface area (TPSA) is 76.4 Å². The zero-order chi connectivity index (χ0) is 18.3. The van der Waals surface area contributed by atoms with Crippen molar-refractivity contribution in [3.8, 4) is 0 Å². The second-order valence-electron chi connectivity index (χ2n) is 7.66. The first-order valence-electron chi connectivity index (χ1n) is 9.41. The maximum absolute atomic E-state index is 5.61. The molecule has 0 aliphatic carbocycles. The number of aryl methyl sites for hydroxylation is 1. The van der Waals surface area contributed by atoms with Crippen LogP contribution >= 0.6 is 24.0 Å². The predicted molar refractivity (Wildman–Crippen MR) is 116 cm³/mol. The smallest absolute Gasteiger partial charge is 0.191 e. The number of hydrogen-bond donors (Lipinski definition) is 2. The molecule has 0 saturated heterocycles. The van der Waals surface area contributed by atoms with Gasteiger partial charge in [-0.2, -0.15) is 0 Å². The minimum Gasteiger partial charge on any atom is -0.379 e. The lowest BCUT2D eigenvalue weighted by molar-refractivity contribution is 0.0205. The van der Waals surface area contributed by atoms with Crippen LogP contribution in [0.5, 0.6) is 0 Å². The summed E-state index contributed by atoms with van der Waals surface area (Å²) in [5.41, 5.74) is 0.0728. The fourth-order valence-electron chi connectivity index (χ4n) is 3.09. The minimum absolute atomic E-state index is 0. The molecule has 150 valence electrons. The predicted octanol–water partition coefficient (Wildman–Crippen LogP) is 2.74. The van der Waals surface area contributed by atoms with E-state index < -0.39 is 0 Å². The molecule has 0 aromatic carbocycles. The van der Waals surface area contributed by atoms with Gasteiger partial charge >= 0.3 is 0 Å². The number of nitrogens with one attached hydrogen (secondary N) is 2. The Kier molecular flexibility index (Phi) is 9.84. The lowest BCUT2D eigenvalue weighted by Crippen LogP contribution is -2.45. The van der Waals surface area contributed by atoms with Gasteiger partial charge < -0.3 is 19.9 Å². The van der Waals surface area contributed by atoms with E-state index in [1.54, 1.807) is 7.11 Å². The Morgan fingerprint density at radius 3 is 2.65 bits per heavy atom. The van der Waals surface area contributed by atoms with Crippen molar-refractivity contribution >= 4 is 29.9 Å². The number of hydrogen-bond acceptors (Lipinski definition) is 4. The normalized spacial score (nSPS) is 16.3. The second kappa shape index (κ2) is 11.1. The molecule has 2 heterocycles. The second-order valence-corrected chi connectivity index (χ2v) is 7.66. The molecule has 7 nitrogen and oxygen atoms in total. The van der Waals surface area contributed by atoms with Crippen LogP contribution in [0.15, 0.2) is 4.99 Å². The molecule has 0 spiro atoms. The van der Waals surface area contributed by atoms with Gasteiger partial charge in [-0.3, -0.25) is 0 Å². The molecule has 1 aromatic rings. The number of nitrogens with zero attached hydrogens (tertiary/aromatic N) is 4. The van der Waals surface area contributed by atoms with Crippen LogP contribution in [0.4, 0.5) is 0 Å². The van der Waals surface area contributed by atoms with Gasteiger partial charge in [0.05, 0.1) is 6.10 Å². The number of aliphatic imine (C=N–C) groups is 1. The van der Waals surface area contributed by atoms with Crippen molar-refractivity contribution in [1.29, 1.82) is 0 Å². The molecule has 0 radical (unpaired) electrons. The summed E-state index contributed by atoms with van der Waals surface area (Å²) in [6.45, 7) is 11.7. The lowest BCUT2D eigenvalue weighted by Gasteiger charge is -2.30. The maximum Gasteiger partial charge on any atom is 0.191 e. The van der Waals surface area contributed by atoms with Crippen LogP contribution in [-0.2, 0) is 24.2 Å². The summed E-state index contributed by atoms with van der Waals surface area (Å²) >= 11 is 0. The van der Waals surface area contributed by atoms with Crippen molar-refractivity contribution in [2.45, 2.75) is 72.6 Å². The van der Waals surface area contributed by atoms with E-state index >= 15 is 0 Å². The zero-order valence-electron chi connectivity index (χ0n) is 16.8. The Balaban J connectivity index is 0.00000338. The van der Waals surface area contributed by atoms with Crippen LogP contribution in [0.3, 0.4) is 0 Å². The van der Waals surface area contributed by atoms with Gasteiger partial charge in [-0.05, 0) is 25.2 Å². The largest absolute Gasteiger partial charge is 0.379 e. The van der Waals surface area contributed by atoms with Gasteiger partial charge in [0.25, 0.3) is 0 Å². The van der Waals surface area contributed by atoms with Crippen molar-refractivity contribution in [1.82, 2.24) is 25.4 Å². The molecule has 0 amide bonds.